The van der Waals surface area contributed by atoms with Crippen LogP contribution < -0.4 is 59.1 Å². The second-order valence-corrected chi connectivity index (χ2v) is 8.59. The van der Waals surface area contributed by atoms with Crippen LogP contribution in [0.1, 0.15) is 0 Å². The van der Waals surface area contributed by atoms with Crippen LogP contribution in [0, 0.1) is 0 Å². The van der Waals surface area contributed by atoms with Gasteiger partial charge in [0.2, 0.25) is 0 Å². The van der Waals surface area contributed by atoms with Crippen molar-refractivity contribution in [2.75, 3.05) is 0 Å². The molecule has 4 N–H and O–H groups in total. The van der Waals surface area contributed by atoms with Crippen LogP contribution >= 0.6 is 0 Å². The van der Waals surface area contributed by atoms with Crippen LogP contribution in [-0.2, 0) is 30.4 Å². The molecule has 126 valence electrons. The van der Waals surface area contributed by atoms with E-state index in [2.05, 4.69) is 0 Å². The molecule has 25 heavy (non-hydrogen) atoms. The molecule has 0 heterocycles. The first-order valence-electron chi connectivity index (χ1n) is 5.44. The van der Waals surface area contributed by atoms with Gasteiger partial charge in [-0.1, -0.05) is 0 Å². The molecule has 0 amide bonds. The molecule has 10 nitrogen and oxygen atoms in total. The zero-order chi connectivity index (χ0) is 17.8. The zero-order valence-electron chi connectivity index (χ0n) is 12.8. The first-order valence-corrected chi connectivity index (χ1v) is 9.76. The number of rotatable bonds is 3. The Hall–Kier alpha value is 0.230. The van der Waals surface area contributed by atoms with Crippen LogP contribution in [0.3, 0.4) is 0 Å². The molecule has 2 aromatic carbocycles. The summed E-state index contributed by atoms with van der Waals surface area (Å²) >= 11 is 0. The molecule has 0 aliphatic rings. The quantitative estimate of drug-likeness (QED) is 0.270. The minimum absolute atomic E-state index is 0. The summed E-state index contributed by atoms with van der Waals surface area (Å²) < 4.78 is 94.4. The summed E-state index contributed by atoms with van der Waals surface area (Å²) in [6, 6.07) is 2.33. The largest absolute Gasteiger partial charge is 1.00 e. The minimum atomic E-state index is -4.98. The maximum Gasteiger partial charge on any atom is 1.00 e. The monoisotopic (exact) mass is 430 g/mol. The molecule has 0 saturated heterocycles. The van der Waals surface area contributed by atoms with Crippen LogP contribution in [0.4, 0.5) is 0 Å². The maximum absolute atomic E-state index is 11.3. The van der Waals surface area contributed by atoms with Crippen molar-refractivity contribution < 1.29 is 103 Å². The summed E-state index contributed by atoms with van der Waals surface area (Å²) in [7, 11) is -14.8. The summed E-state index contributed by atoms with van der Waals surface area (Å²) in [6.07, 6.45) is 0. The van der Waals surface area contributed by atoms with E-state index in [4.69, 9.17) is 13.7 Å². The van der Waals surface area contributed by atoms with E-state index < -0.39 is 61.6 Å². The van der Waals surface area contributed by atoms with Crippen molar-refractivity contribution in [3.8, 4) is 5.75 Å². The molecule has 0 aliphatic heterocycles. The van der Waals surface area contributed by atoms with Crippen molar-refractivity contribution in [2.45, 2.75) is 14.7 Å². The molecule has 0 spiro atoms. The first kappa shape index (κ1) is 25.2. The van der Waals surface area contributed by atoms with Gasteiger partial charge < -0.3 is 5.11 Å². The fourth-order valence-electron chi connectivity index (χ4n) is 1.89. The first-order chi connectivity index (χ1) is 10.2. The molecule has 2 rings (SSSR count). The molecule has 15 heteroatoms. The van der Waals surface area contributed by atoms with E-state index in [0.29, 0.717) is 24.3 Å². The Kier molecular flexibility index (Phi) is 8.15. The second kappa shape index (κ2) is 8.08. The molecule has 2 aromatic rings. The van der Waals surface area contributed by atoms with Gasteiger partial charge in [-0.05, 0) is 29.7 Å². The van der Waals surface area contributed by atoms with Crippen LogP contribution in [-0.4, -0.2) is 44.0 Å². The van der Waals surface area contributed by atoms with Gasteiger partial charge in [-0.15, -0.1) is 0 Å². The average molecular weight is 430 g/mol. The summed E-state index contributed by atoms with van der Waals surface area (Å²) in [5.41, 5.74) is 0. The van der Waals surface area contributed by atoms with Crippen molar-refractivity contribution in [1.29, 1.82) is 0 Å². The van der Waals surface area contributed by atoms with Crippen molar-refractivity contribution in [2.24, 2.45) is 0 Å². The summed E-state index contributed by atoms with van der Waals surface area (Å²) in [5.74, 6) is -1.02. The minimum Gasteiger partial charge on any atom is -0.506 e. The van der Waals surface area contributed by atoms with E-state index in [1.165, 1.54) is 0 Å². The van der Waals surface area contributed by atoms with Gasteiger partial charge in [-0.25, -0.2) is 0 Å². The Bertz CT molecular complexity index is 1140. The van der Waals surface area contributed by atoms with Crippen LogP contribution in [0.15, 0.2) is 39.0 Å². The van der Waals surface area contributed by atoms with Crippen LogP contribution in [0.5, 0.6) is 5.75 Å². The van der Waals surface area contributed by atoms with Crippen molar-refractivity contribution in [3.05, 3.63) is 24.3 Å². The Morgan fingerprint density at radius 3 is 1.52 bits per heavy atom. The normalized spacial score (nSPS) is 12.3. The van der Waals surface area contributed by atoms with Crippen molar-refractivity contribution in [1.82, 2.24) is 0 Å². The van der Waals surface area contributed by atoms with E-state index in [0.717, 1.165) is 0 Å². The third kappa shape index (κ3) is 5.60. The van der Waals surface area contributed by atoms with Gasteiger partial charge in [0.1, 0.15) is 15.5 Å². The third-order valence-electron chi connectivity index (χ3n) is 2.82. The van der Waals surface area contributed by atoms with E-state index in [1.807, 2.05) is 0 Å². The predicted molar refractivity (Wildman–Crippen MR) is 75.1 cm³/mol. The molecule has 0 aliphatic carbocycles. The Balaban J connectivity index is 0.00000288. The Morgan fingerprint density at radius 1 is 0.640 bits per heavy atom. The molecule has 0 atom stereocenters. The van der Waals surface area contributed by atoms with E-state index in [1.54, 1.807) is 0 Å². The van der Waals surface area contributed by atoms with Gasteiger partial charge in [-0.3, -0.25) is 13.7 Å². The number of phenolic OH excluding ortho intramolecular Hbond substituents is 1. The smallest absolute Gasteiger partial charge is 0.506 e. The van der Waals surface area contributed by atoms with E-state index >= 15 is 0 Å². The number of aromatic hydroxyl groups is 1. The number of phenols is 1. The van der Waals surface area contributed by atoms with Gasteiger partial charge in [0, 0.05) is 5.39 Å². The maximum atomic E-state index is 11.3. The Morgan fingerprint density at radius 2 is 1.12 bits per heavy atom. The standard InChI is InChI=1S/C10H8O10S3.2Na/c11-8-4-7-5(2-10(8)23(18,19)20)1-6(21(12,13)14)3-9(7)22(15,16)17;;/h1-4,11H,(H,12,13,14)(H,15,16,17)(H,18,19,20);;/q;2*+1. The second-order valence-electron chi connectivity index (χ2n) is 4.39. The van der Waals surface area contributed by atoms with Crippen LogP contribution in [0.25, 0.3) is 10.8 Å². The zero-order valence-corrected chi connectivity index (χ0v) is 19.2. The number of hydrogen-bond acceptors (Lipinski definition) is 7. The number of hydrogen-bond donors (Lipinski definition) is 4. The van der Waals surface area contributed by atoms with E-state index in [-0.39, 0.29) is 59.1 Å². The van der Waals surface area contributed by atoms with Gasteiger partial charge >= 0.3 is 59.1 Å². The summed E-state index contributed by atoms with van der Waals surface area (Å²) in [4.78, 5) is -2.94. The van der Waals surface area contributed by atoms with Gasteiger partial charge in [0.15, 0.2) is 0 Å². The van der Waals surface area contributed by atoms with Crippen molar-refractivity contribution in [3.63, 3.8) is 0 Å². The molecule has 0 aromatic heterocycles. The molecule has 0 radical (unpaired) electrons. The van der Waals surface area contributed by atoms with Gasteiger partial charge in [0.05, 0.1) is 4.90 Å². The number of fused-ring (bicyclic) bond motifs is 1. The fraction of sp³-hybridized carbons (Fsp3) is 0. The topological polar surface area (TPSA) is 183 Å². The summed E-state index contributed by atoms with van der Waals surface area (Å²) in [5, 5.41) is 8.76. The van der Waals surface area contributed by atoms with Gasteiger partial charge in [-0.2, -0.15) is 25.3 Å². The molecular formula is C10H8Na2O10S3+2. The third-order valence-corrected chi connectivity index (χ3v) is 5.43. The predicted octanol–water partition coefficient (Wildman–Crippen LogP) is -5.71. The molecule has 0 unspecified atom stereocenters. The fourth-order valence-corrected chi connectivity index (χ4v) is 3.83. The van der Waals surface area contributed by atoms with Gasteiger partial charge in [0.25, 0.3) is 30.4 Å². The number of benzene rings is 2. The average Bonchev–Trinajstić information content (AvgIpc) is 2.32. The molecule has 0 fully saturated rings. The molecular weight excluding hydrogens is 422 g/mol. The molecule has 0 saturated carbocycles. The van der Waals surface area contributed by atoms with Crippen LogP contribution in [0.2, 0.25) is 0 Å². The summed E-state index contributed by atoms with van der Waals surface area (Å²) in [6.45, 7) is 0. The molecule has 0 bridgehead atoms. The van der Waals surface area contributed by atoms with E-state index in [9.17, 15) is 30.4 Å². The van der Waals surface area contributed by atoms with Crippen molar-refractivity contribution >= 4 is 41.1 Å². The Labute approximate surface area is 187 Å². The SMILES string of the molecule is O=S(=O)(O)c1cc(S(=O)(=O)O)c2cc(O)c(S(=O)(=O)O)cc2c1.[Na+].[Na+].